The van der Waals surface area contributed by atoms with Gasteiger partial charge in [0.1, 0.15) is 11.9 Å². The van der Waals surface area contributed by atoms with E-state index in [0.717, 1.165) is 22.3 Å². The summed E-state index contributed by atoms with van der Waals surface area (Å²) in [5.41, 5.74) is 5.19. The van der Waals surface area contributed by atoms with Crippen LogP contribution in [0, 0.1) is 12.3 Å². The molecule has 3 aromatic carbocycles. The second kappa shape index (κ2) is 10.2. The molecule has 1 aliphatic heterocycles. The highest BCUT2D eigenvalue weighted by atomic mass is 35.5. The first-order chi connectivity index (χ1) is 16.7. The van der Waals surface area contributed by atoms with Crippen LogP contribution in [0.4, 0.5) is 16.2 Å². The van der Waals surface area contributed by atoms with Gasteiger partial charge < -0.3 is 20.4 Å². The Labute approximate surface area is 210 Å². The predicted molar refractivity (Wildman–Crippen MR) is 140 cm³/mol. The number of rotatable bonds is 4. The second-order valence-corrected chi connectivity index (χ2v) is 9.24. The standard InChI is InChI=1S/C27H28ClN5O2/c1-17-5-4-6-19-16-33(27(35)31-22-13-9-20(28)10-14-22)24(15-23(17)19)26(34)30-21-11-7-18(8-12-21)25(29)32(2)3/h4-14,24,29H,15-16H2,1-3H3,(H,30,34)(H,31,35). The van der Waals surface area contributed by atoms with Gasteiger partial charge in [-0.2, -0.15) is 0 Å². The van der Waals surface area contributed by atoms with Crippen LogP contribution in [0.2, 0.25) is 5.02 Å². The molecule has 0 aromatic heterocycles. The van der Waals surface area contributed by atoms with Gasteiger partial charge in [0, 0.05) is 49.0 Å². The van der Waals surface area contributed by atoms with Crippen molar-refractivity contribution in [3.05, 3.63) is 94.0 Å². The summed E-state index contributed by atoms with van der Waals surface area (Å²) < 4.78 is 0. The van der Waals surface area contributed by atoms with Gasteiger partial charge in [0.25, 0.3) is 0 Å². The number of amidine groups is 1. The van der Waals surface area contributed by atoms with Gasteiger partial charge in [0.05, 0.1) is 0 Å². The molecule has 1 atom stereocenters. The van der Waals surface area contributed by atoms with E-state index in [1.165, 1.54) is 0 Å². The number of halogens is 1. The van der Waals surface area contributed by atoms with Crippen molar-refractivity contribution in [2.45, 2.75) is 25.9 Å². The Morgan fingerprint density at radius 1 is 0.971 bits per heavy atom. The maximum Gasteiger partial charge on any atom is 0.322 e. The number of fused-ring (bicyclic) bond motifs is 1. The molecule has 7 nitrogen and oxygen atoms in total. The van der Waals surface area contributed by atoms with Crippen LogP contribution in [-0.4, -0.2) is 47.7 Å². The minimum absolute atomic E-state index is 0.263. The maximum atomic E-state index is 13.4. The second-order valence-electron chi connectivity index (χ2n) is 8.81. The highest BCUT2D eigenvalue weighted by Crippen LogP contribution is 2.28. The Balaban J connectivity index is 1.57. The molecule has 0 bridgehead atoms. The zero-order valence-corrected chi connectivity index (χ0v) is 20.7. The summed E-state index contributed by atoms with van der Waals surface area (Å²) in [5, 5.41) is 14.5. The number of carbonyl (C=O) groups excluding carboxylic acids is 2. The lowest BCUT2D eigenvalue weighted by Gasteiger charge is -2.36. The zero-order chi connectivity index (χ0) is 25.1. The molecule has 0 saturated carbocycles. The normalized spacial score (nSPS) is 14.6. The Morgan fingerprint density at radius 2 is 1.60 bits per heavy atom. The lowest BCUT2D eigenvalue weighted by atomic mass is 9.90. The van der Waals surface area contributed by atoms with Crippen LogP contribution in [0.5, 0.6) is 0 Å². The van der Waals surface area contributed by atoms with E-state index in [0.29, 0.717) is 35.2 Å². The van der Waals surface area contributed by atoms with E-state index in [1.807, 2.05) is 39.2 Å². The summed E-state index contributed by atoms with van der Waals surface area (Å²) in [5.74, 6) is 0.118. The Hall–Kier alpha value is -3.84. The van der Waals surface area contributed by atoms with Crippen LogP contribution in [0.15, 0.2) is 66.7 Å². The van der Waals surface area contributed by atoms with Crippen LogP contribution in [0.1, 0.15) is 22.3 Å². The van der Waals surface area contributed by atoms with Gasteiger partial charge in [-0.3, -0.25) is 10.2 Å². The van der Waals surface area contributed by atoms with Crippen LogP contribution in [-0.2, 0) is 17.8 Å². The van der Waals surface area contributed by atoms with E-state index in [4.69, 9.17) is 17.0 Å². The number of benzene rings is 3. The number of hydrogen-bond donors (Lipinski definition) is 3. The minimum atomic E-state index is -0.685. The fraction of sp³-hybridized carbons (Fsp3) is 0.222. The zero-order valence-electron chi connectivity index (χ0n) is 19.9. The van der Waals surface area contributed by atoms with Crippen molar-refractivity contribution in [2.75, 3.05) is 24.7 Å². The molecule has 180 valence electrons. The van der Waals surface area contributed by atoms with E-state index < -0.39 is 6.04 Å². The molecular weight excluding hydrogens is 462 g/mol. The predicted octanol–water partition coefficient (Wildman–Crippen LogP) is 5.13. The van der Waals surface area contributed by atoms with E-state index in [9.17, 15) is 9.59 Å². The van der Waals surface area contributed by atoms with Gasteiger partial charge >= 0.3 is 6.03 Å². The summed E-state index contributed by atoms with van der Waals surface area (Å²) in [7, 11) is 3.62. The van der Waals surface area contributed by atoms with Gasteiger partial charge in [-0.25, -0.2) is 4.79 Å². The first-order valence-electron chi connectivity index (χ1n) is 11.3. The summed E-state index contributed by atoms with van der Waals surface area (Å²) in [6.45, 7) is 2.35. The summed E-state index contributed by atoms with van der Waals surface area (Å²) in [4.78, 5) is 30.0. The quantitative estimate of drug-likeness (QED) is 0.350. The fourth-order valence-corrected chi connectivity index (χ4v) is 4.30. The molecule has 3 N–H and O–H groups in total. The van der Waals surface area contributed by atoms with Crippen molar-refractivity contribution in [2.24, 2.45) is 0 Å². The Bertz CT molecular complexity index is 1260. The van der Waals surface area contributed by atoms with E-state index in [2.05, 4.69) is 10.6 Å². The molecule has 3 amide bonds. The highest BCUT2D eigenvalue weighted by Gasteiger charge is 2.35. The van der Waals surface area contributed by atoms with E-state index >= 15 is 0 Å². The van der Waals surface area contributed by atoms with Gasteiger partial charge in [0.2, 0.25) is 5.91 Å². The molecule has 3 aromatic rings. The number of nitrogens with one attached hydrogen (secondary N) is 3. The van der Waals surface area contributed by atoms with Crippen LogP contribution >= 0.6 is 11.6 Å². The van der Waals surface area contributed by atoms with Crippen molar-refractivity contribution in [1.29, 1.82) is 5.41 Å². The molecule has 35 heavy (non-hydrogen) atoms. The van der Waals surface area contributed by atoms with Gasteiger partial charge in [-0.1, -0.05) is 29.8 Å². The van der Waals surface area contributed by atoms with Gasteiger partial charge in [-0.15, -0.1) is 0 Å². The lowest BCUT2D eigenvalue weighted by molar-refractivity contribution is -0.120. The summed E-state index contributed by atoms with van der Waals surface area (Å²) in [6.07, 6.45) is 0.422. The molecule has 0 saturated heterocycles. The van der Waals surface area contributed by atoms with E-state index in [1.54, 1.807) is 58.3 Å². The average Bonchev–Trinajstić information content (AvgIpc) is 2.85. The molecular formula is C27H28ClN5O2. The van der Waals surface area contributed by atoms with Crippen molar-refractivity contribution in [3.63, 3.8) is 0 Å². The molecule has 0 aliphatic carbocycles. The third kappa shape index (κ3) is 5.46. The summed E-state index contributed by atoms with van der Waals surface area (Å²) in [6, 6.07) is 18.9. The van der Waals surface area contributed by atoms with Gasteiger partial charge in [0.15, 0.2) is 0 Å². The maximum absolute atomic E-state index is 13.4. The number of anilines is 2. The average molecular weight is 490 g/mol. The smallest absolute Gasteiger partial charge is 0.322 e. The number of aryl methyl sites for hydroxylation is 1. The molecule has 8 heteroatoms. The lowest BCUT2D eigenvalue weighted by Crippen LogP contribution is -2.52. The third-order valence-corrected chi connectivity index (χ3v) is 6.41. The number of carbonyl (C=O) groups is 2. The first kappa shape index (κ1) is 24.3. The van der Waals surface area contributed by atoms with Crippen molar-refractivity contribution >= 4 is 40.7 Å². The topological polar surface area (TPSA) is 88.5 Å². The van der Waals surface area contributed by atoms with Crippen LogP contribution < -0.4 is 10.6 Å². The first-order valence-corrected chi connectivity index (χ1v) is 11.7. The third-order valence-electron chi connectivity index (χ3n) is 6.15. The number of amides is 3. The monoisotopic (exact) mass is 489 g/mol. The van der Waals surface area contributed by atoms with Crippen LogP contribution in [0.3, 0.4) is 0 Å². The molecule has 0 spiro atoms. The molecule has 0 fully saturated rings. The summed E-state index contributed by atoms with van der Waals surface area (Å²) >= 11 is 5.96. The van der Waals surface area contributed by atoms with Gasteiger partial charge in [-0.05, 0) is 72.1 Å². The molecule has 0 radical (unpaired) electrons. The van der Waals surface area contributed by atoms with Crippen molar-refractivity contribution in [3.8, 4) is 0 Å². The molecule has 4 rings (SSSR count). The Kier molecular flexibility index (Phi) is 7.07. The number of nitrogens with zero attached hydrogens (tertiary/aromatic N) is 2. The largest absolute Gasteiger partial charge is 0.363 e. The minimum Gasteiger partial charge on any atom is -0.363 e. The fourth-order valence-electron chi connectivity index (χ4n) is 4.17. The SMILES string of the molecule is Cc1cccc2c1CC(C(=O)Nc1ccc(C(=N)N(C)C)cc1)N(C(=O)Nc1ccc(Cl)cc1)C2. The van der Waals surface area contributed by atoms with Crippen molar-refractivity contribution < 1.29 is 9.59 Å². The van der Waals surface area contributed by atoms with Crippen molar-refractivity contribution in [1.82, 2.24) is 9.80 Å². The molecule has 1 heterocycles. The van der Waals surface area contributed by atoms with Crippen LogP contribution in [0.25, 0.3) is 0 Å². The molecule has 1 aliphatic rings. The Morgan fingerprint density at radius 3 is 2.26 bits per heavy atom. The molecule has 1 unspecified atom stereocenters. The highest BCUT2D eigenvalue weighted by molar-refractivity contribution is 6.30. The number of hydrogen-bond acceptors (Lipinski definition) is 3. The number of urea groups is 1. The van der Waals surface area contributed by atoms with E-state index in [-0.39, 0.29) is 11.9 Å².